The molecule has 0 aliphatic rings. The predicted octanol–water partition coefficient (Wildman–Crippen LogP) is 1.58. The van der Waals surface area contributed by atoms with Gasteiger partial charge in [0, 0.05) is 6.92 Å². The van der Waals surface area contributed by atoms with Crippen molar-refractivity contribution in [2.24, 2.45) is 0 Å². The summed E-state index contributed by atoms with van der Waals surface area (Å²) >= 11 is -0.124. The number of ether oxygens (including phenoxy) is 1. The number of hydrogen-bond acceptors (Lipinski definition) is 3. The van der Waals surface area contributed by atoms with E-state index in [1.165, 1.54) is 7.14 Å². The van der Waals surface area contributed by atoms with Gasteiger partial charge >= 0.3 is 48.4 Å². The van der Waals surface area contributed by atoms with Crippen LogP contribution in [0.3, 0.4) is 0 Å². The molecule has 0 heterocycles. The van der Waals surface area contributed by atoms with Gasteiger partial charge < -0.3 is 4.74 Å². The molecule has 0 amide bonds. The molecule has 0 fully saturated rings. The molecule has 0 aliphatic heterocycles. The first kappa shape index (κ1) is 25.5. The first-order valence-electron chi connectivity index (χ1n) is 7.58. The van der Waals surface area contributed by atoms with Crippen molar-refractivity contribution in [3.8, 4) is 5.75 Å². The molecular formula is C17H16F6IO4S+. The summed E-state index contributed by atoms with van der Waals surface area (Å²) < 4.78 is 108. The Morgan fingerprint density at radius 1 is 0.897 bits per heavy atom. The third-order valence-electron chi connectivity index (χ3n) is 3.24. The lowest BCUT2D eigenvalue weighted by Gasteiger charge is -2.28. The van der Waals surface area contributed by atoms with E-state index in [9.17, 15) is 34.8 Å². The Hall–Kier alpha value is -1.54. The van der Waals surface area contributed by atoms with Crippen LogP contribution in [0.1, 0.15) is 6.92 Å². The number of alkyl halides is 6. The van der Waals surface area contributed by atoms with Crippen molar-refractivity contribution >= 4 is 10.1 Å². The Bertz CT molecular complexity index is 902. The van der Waals surface area contributed by atoms with Crippen LogP contribution in [0, 0.1) is 7.14 Å². The largest absolute Gasteiger partial charge is 0.492 e. The lowest BCUT2D eigenvalue weighted by Crippen LogP contribution is -3.61. The maximum absolute atomic E-state index is 12.2. The van der Waals surface area contributed by atoms with Crippen LogP contribution in [0.4, 0.5) is 26.3 Å². The van der Waals surface area contributed by atoms with E-state index >= 15 is 0 Å². The lowest BCUT2D eigenvalue weighted by atomic mass is 10.2. The van der Waals surface area contributed by atoms with Gasteiger partial charge in [-0.05, 0) is 24.3 Å². The molecule has 0 spiro atoms. The van der Waals surface area contributed by atoms with Crippen molar-refractivity contribution < 1.29 is 65.3 Å². The Morgan fingerprint density at radius 3 is 1.79 bits per heavy atom. The van der Waals surface area contributed by atoms with Crippen molar-refractivity contribution in [3.63, 3.8) is 0 Å². The third kappa shape index (κ3) is 6.22. The van der Waals surface area contributed by atoms with Gasteiger partial charge in [-0.3, -0.25) is 4.55 Å². The number of methoxy groups -OCH3 is 1. The van der Waals surface area contributed by atoms with Gasteiger partial charge in [-0.1, -0.05) is 30.3 Å². The van der Waals surface area contributed by atoms with E-state index in [4.69, 9.17) is 9.29 Å². The van der Waals surface area contributed by atoms with Gasteiger partial charge in [0.15, 0.2) is 9.32 Å². The zero-order chi connectivity index (χ0) is 22.5. The molecule has 162 valence electrons. The summed E-state index contributed by atoms with van der Waals surface area (Å²) in [6.07, 6.45) is 0. The molecule has 2 aromatic rings. The topological polar surface area (TPSA) is 63.6 Å². The number of hydrogen-bond donors (Lipinski definition) is 1. The van der Waals surface area contributed by atoms with Gasteiger partial charge in [0.1, 0.15) is 0 Å². The average Bonchev–Trinajstić information content (AvgIpc) is 2.61. The number of benzene rings is 2. The molecule has 29 heavy (non-hydrogen) atoms. The summed E-state index contributed by atoms with van der Waals surface area (Å²) in [5, 5.41) is -6.24. The molecule has 0 aliphatic carbocycles. The van der Waals surface area contributed by atoms with Crippen molar-refractivity contribution in [3.05, 3.63) is 61.7 Å². The first-order chi connectivity index (χ1) is 13.1. The maximum atomic E-state index is 12.2. The Morgan fingerprint density at radius 2 is 1.38 bits per heavy atom. The monoisotopic (exact) mass is 557 g/mol. The van der Waals surface area contributed by atoms with E-state index in [1.807, 2.05) is 12.1 Å². The van der Waals surface area contributed by atoms with Gasteiger partial charge in [-0.2, -0.15) is 34.8 Å². The van der Waals surface area contributed by atoms with Crippen LogP contribution < -0.4 is 25.9 Å². The molecule has 0 saturated carbocycles. The Balaban J connectivity index is 0.000000291. The van der Waals surface area contributed by atoms with Crippen molar-refractivity contribution in [2.75, 3.05) is 7.11 Å². The predicted molar refractivity (Wildman–Crippen MR) is 88.9 cm³/mol. The van der Waals surface area contributed by atoms with E-state index in [0.29, 0.717) is 0 Å². The summed E-state index contributed by atoms with van der Waals surface area (Å²) in [5.41, 5.74) is 0. The first-order valence-corrected chi connectivity index (χ1v) is 11.2. The van der Waals surface area contributed by atoms with E-state index in [-0.39, 0.29) is 21.2 Å². The number of rotatable bonds is 6. The van der Waals surface area contributed by atoms with Crippen LogP contribution in [0.5, 0.6) is 5.75 Å². The zero-order valence-corrected chi connectivity index (χ0v) is 17.9. The van der Waals surface area contributed by atoms with Crippen LogP contribution >= 0.6 is 0 Å². The second kappa shape index (κ2) is 9.51. The SMILES string of the molecule is CC(F)(F)C(F)(F)C(F)(F)S(=O)(=O)O.COc1ccccc1[I+]c1ccccc1. The standard InChI is InChI=1S/C13H12IO.C4H4F6O3S/c1-15-13-10-6-5-9-12(13)14-11-7-3-2-4-8-11;1-2(5,6)3(7,8)4(9,10)14(11,12)13/h2-10H,1H3;1H3,(H,11,12,13)/q+1;. The summed E-state index contributed by atoms with van der Waals surface area (Å²) in [5.74, 6) is -10.5. The number of halogens is 7. The third-order valence-corrected chi connectivity index (χ3v) is 6.96. The van der Waals surface area contributed by atoms with Crippen LogP contribution in [-0.2, 0) is 10.1 Å². The minimum atomic E-state index is -6.61. The molecule has 4 nitrogen and oxygen atoms in total. The smallest absolute Gasteiger partial charge is 0.437 e. The van der Waals surface area contributed by atoms with E-state index in [2.05, 4.69) is 42.5 Å². The Kier molecular flexibility index (Phi) is 8.36. The molecule has 1 N–H and O–H groups in total. The van der Waals surface area contributed by atoms with Gasteiger partial charge in [-0.15, -0.1) is 0 Å². The minimum absolute atomic E-state index is 0.124. The average molecular weight is 557 g/mol. The van der Waals surface area contributed by atoms with E-state index < -0.39 is 34.1 Å². The van der Waals surface area contributed by atoms with Gasteiger partial charge in [0.05, 0.1) is 7.11 Å². The van der Waals surface area contributed by atoms with Crippen molar-refractivity contribution in [1.29, 1.82) is 0 Å². The zero-order valence-electron chi connectivity index (χ0n) is 14.9. The van der Waals surface area contributed by atoms with E-state index in [1.54, 1.807) is 7.11 Å². The molecule has 12 heteroatoms. The molecule has 0 radical (unpaired) electrons. The molecule has 0 bridgehead atoms. The molecular weight excluding hydrogens is 541 g/mol. The van der Waals surface area contributed by atoms with E-state index in [0.717, 1.165) is 5.75 Å². The molecule has 0 unspecified atom stereocenters. The highest BCUT2D eigenvalue weighted by atomic mass is 127. The fourth-order valence-electron chi connectivity index (χ4n) is 1.70. The van der Waals surface area contributed by atoms with Gasteiger partial charge in [0.25, 0.3) is 0 Å². The molecule has 2 rings (SSSR count). The molecule has 0 saturated heterocycles. The van der Waals surface area contributed by atoms with Crippen LogP contribution in [-0.4, -0.2) is 37.2 Å². The highest BCUT2D eigenvalue weighted by molar-refractivity contribution is 7.87. The highest BCUT2D eigenvalue weighted by Gasteiger charge is 2.75. The number of para-hydroxylation sites is 1. The minimum Gasteiger partial charge on any atom is -0.492 e. The summed E-state index contributed by atoms with van der Waals surface area (Å²) in [6, 6.07) is 18.8. The quantitative estimate of drug-likeness (QED) is 0.333. The highest BCUT2D eigenvalue weighted by Crippen LogP contribution is 2.47. The fourth-order valence-corrected chi connectivity index (χ4v) is 4.70. The molecule has 0 aromatic heterocycles. The second-order valence-corrected chi connectivity index (χ2v) is 9.89. The summed E-state index contributed by atoms with van der Waals surface area (Å²) in [7, 11) is -4.88. The van der Waals surface area contributed by atoms with Crippen molar-refractivity contribution in [1.82, 2.24) is 0 Å². The van der Waals surface area contributed by atoms with Crippen LogP contribution in [0.15, 0.2) is 54.6 Å². The lowest BCUT2D eigenvalue weighted by molar-refractivity contribution is -0.598. The second-order valence-electron chi connectivity index (χ2n) is 5.48. The summed E-state index contributed by atoms with van der Waals surface area (Å²) in [6.45, 7) is -0.591. The molecule has 0 atom stereocenters. The fraction of sp³-hybridized carbons (Fsp3) is 0.294. The van der Waals surface area contributed by atoms with Crippen LogP contribution in [0.25, 0.3) is 0 Å². The van der Waals surface area contributed by atoms with Gasteiger partial charge in [-0.25, -0.2) is 0 Å². The molecule has 2 aromatic carbocycles. The normalized spacial score (nSPS) is 12.7. The maximum Gasteiger partial charge on any atom is 0.437 e. The Labute approximate surface area is 173 Å². The van der Waals surface area contributed by atoms with Crippen LogP contribution in [0.2, 0.25) is 0 Å². The van der Waals surface area contributed by atoms with Gasteiger partial charge in [0.2, 0.25) is 3.57 Å². The van der Waals surface area contributed by atoms with Crippen molar-refractivity contribution in [2.45, 2.75) is 24.0 Å². The summed E-state index contributed by atoms with van der Waals surface area (Å²) in [4.78, 5) is 0.